The predicted octanol–water partition coefficient (Wildman–Crippen LogP) is 5.53. The van der Waals surface area contributed by atoms with Gasteiger partial charge in [0.05, 0.1) is 6.10 Å². The van der Waals surface area contributed by atoms with Crippen LogP contribution in [-0.2, 0) is 4.79 Å². The minimum absolute atomic E-state index is 0.0310. The summed E-state index contributed by atoms with van der Waals surface area (Å²) < 4.78 is 0. The quantitative estimate of drug-likeness (QED) is 0.647. The maximum Gasteiger partial charge on any atom is 0.246 e. The highest BCUT2D eigenvalue weighted by atomic mass is 16.3. The number of nitrogens with zero attached hydrogens (tertiary/aromatic N) is 1. The molecule has 0 aromatic heterocycles. The Balaban J connectivity index is 1.49. The van der Waals surface area contributed by atoms with Crippen LogP contribution < -0.4 is 0 Å². The van der Waals surface area contributed by atoms with Gasteiger partial charge in [0.15, 0.2) is 0 Å². The normalized spacial score (nSPS) is 43.1. The number of hydrogen-bond donors (Lipinski definition) is 1. The number of likely N-dealkylation sites (N-methyl/N-ethyl adjacent to an activating group) is 1. The van der Waals surface area contributed by atoms with Gasteiger partial charge in [-0.1, -0.05) is 62.4 Å². The van der Waals surface area contributed by atoms with Crippen LogP contribution in [0.2, 0.25) is 0 Å². The number of rotatable bonds is 1. The molecule has 3 nitrogen and oxygen atoms in total. The van der Waals surface area contributed by atoms with E-state index in [1.54, 1.807) is 0 Å². The van der Waals surface area contributed by atoms with E-state index in [1.165, 1.54) is 16.3 Å². The van der Waals surface area contributed by atoms with Crippen molar-refractivity contribution >= 4 is 16.7 Å². The lowest BCUT2D eigenvalue weighted by molar-refractivity contribution is -0.142. The van der Waals surface area contributed by atoms with Gasteiger partial charge in [-0.25, -0.2) is 0 Å². The Kier molecular flexibility index (Phi) is 4.44. The largest absolute Gasteiger partial charge is 0.393 e. The lowest BCUT2D eigenvalue weighted by atomic mass is 9.46. The molecular weight excluding hydrogens is 394 g/mol. The Morgan fingerprint density at radius 1 is 1.00 bits per heavy atom. The lowest BCUT2D eigenvalue weighted by Gasteiger charge is -2.62. The van der Waals surface area contributed by atoms with Crippen molar-refractivity contribution in [3.63, 3.8) is 0 Å². The van der Waals surface area contributed by atoms with Crippen molar-refractivity contribution in [1.82, 2.24) is 4.90 Å². The van der Waals surface area contributed by atoms with E-state index in [2.05, 4.69) is 62.4 Å². The zero-order chi connectivity index (χ0) is 22.3. The molecule has 0 radical (unpaired) electrons. The number of aliphatic hydroxyl groups is 1. The summed E-state index contributed by atoms with van der Waals surface area (Å²) in [5.41, 5.74) is 1.38. The Morgan fingerprint density at radius 3 is 2.59 bits per heavy atom. The number of hydrogen-bond acceptors (Lipinski definition) is 2. The summed E-state index contributed by atoms with van der Waals surface area (Å²) in [5.74, 6) is 2.18. The van der Waals surface area contributed by atoms with E-state index in [1.807, 2.05) is 18.0 Å². The molecule has 0 saturated heterocycles. The molecule has 3 heteroatoms. The van der Waals surface area contributed by atoms with E-state index in [0.717, 1.165) is 32.1 Å². The number of carbonyl (C=O) groups excluding carboxylic acids is 1. The lowest BCUT2D eigenvalue weighted by Crippen LogP contribution is -2.62. The van der Waals surface area contributed by atoms with Gasteiger partial charge in [0.1, 0.15) is 0 Å². The molecule has 3 aliphatic carbocycles. The van der Waals surface area contributed by atoms with Crippen molar-refractivity contribution in [2.45, 2.75) is 64.0 Å². The van der Waals surface area contributed by atoms with Crippen LogP contribution in [-0.4, -0.2) is 35.1 Å². The molecule has 6 rings (SSSR count). The average molecular weight is 430 g/mol. The van der Waals surface area contributed by atoms with Crippen molar-refractivity contribution in [1.29, 1.82) is 0 Å². The van der Waals surface area contributed by atoms with Crippen LogP contribution in [0.5, 0.6) is 0 Å². The second-order valence-electron chi connectivity index (χ2n) is 11.6. The van der Waals surface area contributed by atoms with Crippen molar-refractivity contribution in [2.75, 3.05) is 7.05 Å². The van der Waals surface area contributed by atoms with Gasteiger partial charge in [-0.15, -0.1) is 0 Å². The summed E-state index contributed by atoms with van der Waals surface area (Å²) in [6.07, 6.45) is 9.38. The molecule has 8 atom stereocenters. The molecule has 1 N–H and O–H groups in total. The standard InChI is InChI=1S/C29H35NO2/c1-28-14-12-24-22(23(28)10-11-25(28)31)17-21(27-29(24,2)15-13-26(32)30(27)3)20-9-8-18-6-4-5-7-19(18)16-20/h4-9,13,15-16,21-25,27,31H,10-12,14,17H2,1-3H3/t21?,22-,23-,24+,25?,27?,28-,29+/m0/s1. The van der Waals surface area contributed by atoms with Crippen LogP contribution in [0.15, 0.2) is 54.6 Å². The fourth-order valence-electron chi connectivity index (χ4n) is 8.61. The molecule has 3 fully saturated rings. The molecule has 1 aliphatic heterocycles. The first kappa shape index (κ1) is 20.5. The van der Waals surface area contributed by atoms with E-state index in [0.29, 0.717) is 23.7 Å². The van der Waals surface area contributed by atoms with E-state index in [-0.39, 0.29) is 28.9 Å². The van der Waals surface area contributed by atoms with Crippen molar-refractivity contribution < 1.29 is 9.90 Å². The summed E-state index contributed by atoms with van der Waals surface area (Å²) in [6, 6.07) is 15.7. The molecule has 0 spiro atoms. The minimum atomic E-state index is -0.163. The van der Waals surface area contributed by atoms with Crippen LogP contribution in [0, 0.1) is 28.6 Å². The average Bonchev–Trinajstić information content (AvgIpc) is 3.10. The smallest absolute Gasteiger partial charge is 0.246 e. The fraction of sp³-hybridized carbons (Fsp3) is 0.552. The highest BCUT2D eigenvalue weighted by Gasteiger charge is 2.62. The van der Waals surface area contributed by atoms with Gasteiger partial charge in [-0.05, 0) is 77.7 Å². The summed E-state index contributed by atoms with van der Waals surface area (Å²) >= 11 is 0. The van der Waals surface area contributed by atoms with Crippen LogP contribution in [0.4, 0.5) is 0 Å². The summed E-state index contributed by atoms with van der Waals surface area (Å²) in [4.78, 5) is 14.9. The van der Waals surface area contributed by atoms with E-state index < -0.39 is 0 Å². The predicted molar refractivity (Wildman–Crippen MR) is 128 cm³/mol. The van der Waals surface area contributed by atoms with E-state index in [4.69, 9.17) is 0 Å². The second kappa shape index (κ2) is 6.93. The highest BCUT2D eigenvalue weighted by molar-refractivity contribution is 5.89. The zero-order valence-corrected chi connectivity index (χ0v) is 19.5. The van der Waals surface area contributed by atoms with E-state index >= 15 is 0 Å². The maximum absolute atomic E-state index is 12.8. The number of benzene rings is 2. The molecule has 3 unspecified atom stereocenters. The summed E-state index contributed by atoms with van der Waals surface area (Å²) in [6.45, 7) is 4.76. The Morgan fingerprint density at radius 2 is 1.78 bits per heavy atom. The molecule has 4 aliphatic rings. The van der Waals surface area contributed by atoms with Crippen LogP contribution in [0.3, 0.4) is 0 Å². The zero-order valence-electron chi connectivity index (χ0n) is 19.5. The van der Waals surface area contributed by atoms with Gasteiger partial charge >= 0.3 is 0 Å². The van der Waals surface area contributed by atoms with E-state index in [9.17, 15) is 9.90 Å². The van der Waals surface area contributed by atoms with Gasteiger partial charge < -0.3 is 10.0 Å². The first-order chi connectivity index (χ1) is 15.3. The second-order valence-corrected chi connectivity index (χ2v) is 11.6. The molecule has 1 amide bonds. The van der Waals surface area contributed by atoms with Crippen molar-refractivity contribution in [3.05, 3.63) is 60.2 Å². The third kappa shape index (κ3) is 2.67. The number of carbonyl (C=O) groups is 1. The number of fused-ring (bicyclic) bond motifs is 6. The first-order valence-electron chi connectivity index (χ1n) is 12.5. The number of aliphatic hydroxyl groups excluding tert-OH is 1. The fourth-order valence-corrected chi connectivity index (χ4v) is 8.61. The maximum atomic E-state index is 12.8. The topological polar surface area (TPSA) is 40.5 Å². The Hall–Kier alpha value is -2.13. The molecule has 2 aromatic carbocycles. The van der Waals surface area contributed by atoms with Crippen LogP contribution in [0.1, 0.15) is 57.4 Å². The van der Waals surface area contributed by atoms with Gasteiger partial charge in [0.2, 0.25) is 5.91 Å². The third-order valence-electron chi connectivity index (χ3n) is 10.3. The number of amides is 1. The SMILES string of the molecule is CN1C(=O)C=C[C@@]2(C)C1C(c1ccc3ccccc3c1)C[C@@H]1[C@H]2CC[C@]2(C)C(O)CC[C@@H]12. The molecular formula is C29H35NO2. The van der Waals surface area contributed by atoms with Gasteiger partial charge in [-0.2, -0.15) is 0 Å². The first-order valence-corrected chi connectivity index (χ1v) is 12.5. The molecule has 2 aromatic rings. The van der Waals surface area contributed by atoms with Crippen LogP contribution >= 0.6 is 0 Å². The monoisotopic (exact) mass is 429 g/mol. The van der Waals surface area contributed by atoms with Gasteiger partial charge in [0.25, 0.3) is 0 Å². The van der Waals surface area contributed by atoms with Gasteiger partial charge in [0, 0.05) is 24.4 Å². The Bertz CT molecular complexity index is 1110. The molecule has 1 heterocycles. The summed E-state index contributed by atoms with van der Waals surface area (Å²) in [7, 11) is 2.01. The van der Waals surface area contributed by atoms with Crippen LogP contribution in [0.25, 0.3) is 10.8 Å². The summed E-state index contributed by atoms with van der Waals surface area (Å²) in [5, 5.41) is 13.4. The molecule has 0 bridgehead atoms. The molecule has 3 saturated carbocycles. The minimum Gasteiger partial charge on any atom is -0.393 e. The molecule has 168 valence electrons. The molecule has 32 heavy (non-hydrogen) atoms. The van der Waals surface area contributed by atoms with Crippen molar-refractivity contribution in [2.24, 2.45) is 28.6 Å². The van der Waals surface area contributed by atoms with Crippen molar-refractivity contribution in [3.8, 4) is 0 Å². The highest BCUT2D eigenvalue weighted by Crippen LogP contribution is 2.66. The Labute approximate surface area is 191 Å². The van der Waals surface area contributed by atoms with Gasteiger partial charge in [-0.3, -0.25) is 4.79 Å². The third-order valence-corrected chi connectivity index (χ3v) is 10.3.